The fraction of sp³-hybridized carbons (Fsp3) is 1.00. The third-order valence-corrected chi connectivity index (χ3v) is 1.76. The Morgan fingerprint density at radius 3 is 1.93 bits per heavy atom. The van der Waals surface area contributed by atoms with E-state index in [1.807, 2.05) is 20.8 Å². The van der Waals surface area contributed by atoms with E-state index in [1.54, 1.807) is 6.92 Å². The van der Waals surface area contributed by atoms with Crippen molar-refractivity contribution < 1.29 is 5.11 Å². The number of hydrogen-bond donors (Lipinski definition) is 1. The molecule has 0 fully saturated rings. The SMILES string of the molecule is CC(C)CCC(C)(O)/N=N/C(C)(C)C. The van der Waals surface area contributed by atoms with Crippen molar-refractivity contribution in [3.8, 4) is 0 Å². The van der Waals surface area contributed by atoms with Crippen LogP contribution in [0.15, 0.2) is 10.2 Å². The molecule has 0 amide bonds. The van der Waals surface area contributed by atoms with E-state index in [1.165, 1.54) is 0 Å². The Labute approximate surface area is 87.6 Å². The number of aliphatic hydroxyl groups is 1. The molecule has 3 heteroatoms. The Hall–Kier alpha value is -0.440. The van der Waals surface area contributed by atoms with Gasteiger partial charge in [0.2, 0.25) is 0 Å². The van der Waals surface area contributed by atoms with Gasteiger partial charge in [-0.05, 0) is 46.5 Å². The van der Waals surface area contributed by atoms with Crippen molar-refractivity contribution in [3.05, 3.63) is 0 Å². The minimum Gasteiger partial charge on any atom is -0.368 e. The molecular formula is C11H24N2O. The second kappa shape index (κ2) is 4.87. The lowest BCUT2D eigenvalue weighted by molar-refractivity contribution is 0.0441. The van der Waals surface area contributed by atoms with Crippen LogP contribution >= 0.6 is 0 Å². The van der Waals surface area contributed by atoms with Crippen LogP contribution < -0.4 is 0 Å². The molecule has 1 unspecified atom stereocenters. The van der Waals surface area contributed by atoms with Gasteiger partial charge in [0, 0.05) is 0 Å². The van der Waals surface area contributed by atoms with Gasteiger partial charge in [-0.1, -0.05) is 13.8 Å². The van der Waals surface area contributed by atoms with Crippen LogP contribution in [0.1, 0.15) is 54.4 Å². The summed E-state index contributed by atoms with van der Waals surface area (Å²) in [6.07, 6.45) is 1.64. The highest BCUT2D eigenvalue weighted by Gasteiger charge is 2.20. The molecule has 0 aromatic carbocycles. The van der Waals surface area contributed by atoms with E-state index < -0.39 is 5.72 Å². The molecule has 0 aliphatic rings. The van der Waals surface area contributed by atoms with Gasteiger partial charge in [0.25, 0.3) is 0 Å². The first-order valence-corrected chi connectivity index (χ1v) is 5.29. The average molecular weight is 200 g/mol. The Bertz CT molecular complexity index is 190. The van der Waals surface area contributed by atoms with E-state index in [-0.39, 0.29) is 5.54 Å². The van der Waals surface area contributed by atoms with Crippen LogP contribution in [-0.4, -0.2) is 16.4 Å². The van der Waals surface area contributed by atoms with Gasteiger partial charge in [-0.15, -0.1) is 0 Å². The molecule has 0 aliphatic heterocycles. The van der Waals surface area contributed by atoms with Crippen LogP contribution in [0.4, 0.5) is 0 Å². The highest BCUT2D eigenvalue weighted by atomic mass is 16.3. The minimum atomic E-state index is -1.00. The summed E-state index contributed by atoms with van der Waals surface area (Å²) in [5.41, 5.74) is -1.21. The summed E-state index contributed by atoms with van der Waals surface area (Å²) in [6, 6.07) is 0. The average Bonchev–Trinajstić information content (AvgIpc) is 1.97. The van der Waals surface area contributed by atoms with Gasteiger partial charge in [0.15, 0.2) is 5.72 Å². The lowest BCUT2D eigenvalue weighted by atomic mass is 10.0. The summed E-state index contributed by atoms with van der Waals surface area (Å²) in [5, 5.41) is 17.9. The molecular weight excluding hydrogens is 176 g/mol. The zero-order valence-corrected chi connectivity index (χ0v) is 10.3. The smallest absolute Gasteiger partial charge is 0.173 e. The number of rotatable bonds is 4. The predicted octanol–water partition coefficient (Wildman–Crippen LogP) is 3.38. The van der Waals surface area contributed by atoms with E-state index in [0.29, 0.717) is 12.3 Å². The maximum absolute atomic E-state index is 9.87. The van der Waals surface area contributed by atoms with Gasteiger partial charge < -0.3 is 5.11 Å². The summed E-state index contributed by atoms with van der Waals surface area (Å²) in [7, 11) is 0. The molecule has 0 saturated carbocycles. The third kappa shape index (κ3) is 8.17. The summed E-state index contributed by atoms with van der Waals surface area (Å²) in [4.78, 5) is 0. The van der Waals surface area contributed by atoms with Crippen molar-refractivity contribution in [2.24, 2.45) is 16.1 Å². The third-order valence-electron chi connectivity index (χ3n) is 1.76. The van der Waals surface area contributed by atoms with Crippen molar-refractivity contribution >= 4 is 0 Å². The summed E-state index contributed by atoms with van der Waals surface area (Å²) in [5.74, 6) is 0.589. The van der Waals surface area contributed by atoms with E-state index in [4.69, 9.17) is 0 Å². The molecule has 0 aromatic rings. The molecule has 0 rings (SSSR count). The molecule has 1 N–H and O–H groups in total. The largest absolute Gasteiger partial charge is 0.368 e. The highest BCUT2D eigenvalue weighted by molar-refractivity contribution is 4.73. The van der Waals surface area contributed by atoms with Crippen molar-refractivity contribution in [1.29, 1.82) is 0 Å². The monoisotopic (exact) mass is 200 g/mol. The van der Waals surface area contributed by atoms with Crippen LogP contribution in [0.25, 0.3) is 0 Å². The molecule has 0 bridgehead atoms. The summed E-state index contributed by atoms with van der Waals surface area (Å²) in [6.45, 7) is 11.9. The lowest BCUT2D eigenvalue weighted by Crippen LogP contribution is -2.22. The van der Waals surface area contributed by atoms with Crippen LogP contribution in [0.2, 0.25) is 0 Å². The number of hydrogen-bond acceptors (Lipinski definition) is 3. The topological polar surface area (TPSA) is 45.0 Å². The standard InChI is InChI=1S/C11H24N2O/c1-9(2)7-8-11(6,14)13-12-10(3,4)5/h9,14H,7-8H2,1-6H3/b13-12+. The highest BCUT2D eigenvalue weighted by Crippen LogP contribution is 2.20. The Morgan fingerprint density at radius 2 is 1.57 bits per heavy atom. The van der Waals surface area contributed by atoms with Gasteiger partial charge in [-0.25, -0.2) is 0 Å². The van der Waals surface area contributed by atoms with Gasteiger partial charge in [-0.3, -0.25) is 0 Å². The van der Waals surface area contributed by atoms with Crippen molar-refractivity contribution in [2.45, 2.75) is 65.6 Å². The zero-order valence-electron chi connectivity index (χ0n) is 10.3. The quantitative estimate of drug-likeness (QED) is 0.695. The molecule has 3 nitrogen and oxygen atoms in total. The lowest BCUT2D eigenvalue weighted by Gasteiger charge is -2.20. The maximum atomic E-state index is 9.87. The Kier molecular flexibility index (Phi) is 4.72. The van der Waals surface area contributed by atoms with Gasteiger partial charge in [0.1, 0.15) is 0 Å². The van der Waals surface area contributed by atoms with E-state index in [9.17, 15) is 5.11 Å². The van der Waals surface area contributed by atoms with E-state index in [2.05, 4.69) is 24.1 Å². The molecule has 0 saturated heterocycles. The van der Waals surface area contributed by atoms with E-state index in [0.717, 1.165) is 6.42 Å². The Morgan fingerprint density at radius 1 is 1.07 bits per heavy atom. The van der Waals surface area contributed by atoms with Crippen LogP contribution in [0.5, 0.6) is 0 Å². The molecule has 0 spiro atoms. The van der Waals surface area contributed by atoms with Crippen molar-refractivity contribution in [3.63, 3.8) is 0 Å². The summed E-state index contributed by atoms with van der Waals surface area (Å²) < 4.78 is 0. The van der Waals surface area contributed by atoms with Crippen LogP contribution in [0, 0.1) is 5.92 Å². The van der Waals surface area contributed by atoms with Crippen molar-refractivity contribution in [2.75, 3.05) is 0 Å². The predicted molar refractivity (Wildman–Crippen MR) is 59.3 cm³/mol. The first-order chi connectivity index (χ1) is 6.12. The molecule has 0 heterocycles. The summed E-state index contributed by atoms with van der Waals surface area (Å²) >= 11 is 0. The van der Waals surface area contributed by atoms with Crippen molar-refractivity contribution in [1.82, 2.24) is 0 Å². The first-order valence-electron chi connectivity index (χ1n) is 5.29. The van der Waals surface area contributed by atoms with Crippen LogP contribution in [0.3, 0.4) is 0 Å². The molecule has 0 aromatic heterocycles. The van der Waals surface area contributed by atoms with Gasteiger partial charge in [0.05, 0.1) is 5.54 Å². The minimum absolute atomic E-state index is 0.207. The van der Waals surface area contributed by atoms with Gasteiger partial charge in [-0.2, -0.15) is 10.2 Å². The molecule has 0 aliphatic carbocycles. The maximum Gasteiger partial charge on any atom is 0.173 e. The second-order valence-corrected chi connectivity index (χ2v) is 5.52. The molecule has 0 radical (unpaired) electrons. The van der Waals surface area contributed by atoms with E-state index >= 15 is 0 Å². The number of nitrogens with zero attached hydrogens (tertiary/aromatic N) is 2. The fourth-order valence-corrected chi connectivity index (χ4v) is 0.870. The molecule has 14 heavy (non-hydrogen) atoms. The normalized spacial score (nSPS) is 17.7. The molecule has 84 valence electrons. The van der Waals surface area contributed by atoms with Gasteiger partial charge >= 0.3 is 0 Å². The Balaban J connectivity index is 4.13. The van der Waals surface area contributed by atoms with Crippen LogP contribution in [-0.2, 0) is 0 Å². The number of azo groups is 1. The first kappa shape index (κ1) is 13.6. The molecule has 1 atom stereocenters. The fourth-order valence-electron chi connectivity index (χ4n) is 0.870. The second-order valence-electron chi connectivity index (χ2n) is 5.52. The zero-order chi connectivity index (χ0) is 11.4.